The fourth-order valence-corrected chi connectivity index (χ4v) is 5.18. The average Bonchev–Trinajstić information content (AvgIpc) is 2.93. The first-order valence-corrected chi connectivity index (χ1v) is 14.0. The second kappa shape index (κ2) is 13.5. The lowest BCUT2D eigenvalue weighted by Gasteiger charge is -2.38. The van der Waals surface area contributed by atoms with Crippen LogP contribution in [0.15, 0.2) is 30.5 Å². The van der Waals surface area contributed by atoms with Crippen LogP contribution in [0.1, 0.15) is 37.0 Å². The second-order valence-electron chi connectivity index (χ2n) is 10.4. The topological polar surface area (TPSA) is 174 Å². The number of aliphatic hydroxyl groups excluding tert-OH is 3. The summed E-state index contributed by atoms with van der Waals surface area (Å²) >= 11 is 12.3. The first kappa shape index (κ1) is 31.2. The molecule has 2 aromatic rings. The van der Waals surface area contributed by atoms with Gasteiger partial charge in [0.15, 0.2) is 6.10 Å². The molecule has 2 aliphatic heterocycles. The van der Waals surface area contributed by atoms with Crippen LogP contribution in [0.5, 0.6) is 5.75 Å². The smallest absolute Gasteiger partial charge is 0.335 e. The Morgan fingerprint density at radius 2 is 1.80 bits per heavy atom. The number of aliphatic hydroxyl groups is 3. The van der Waals surface area contributed by atoms with E-state index < -0.39 is 42.6 Å². The highest BCUT2D eigenvalue weighted by Crippen LogP contribution is 2.36. The Balaban J connectivity index is 1.63. The molecule has 0 bridgehead atoms. The van der Waals surface area contributed by atoms with Gasteiger partial charge in [-0.1, -0.05) is 23.2 Å². The van der Waals surface area contributed by atoms with Crippen LogP contribution >= 0.6 is 23.2 Å². The van der Waals surface area contributed by atoms with Gasteiger partial charge in [0.2, 0.25) is 6.29 Å². The number of aliphatic carboxylic acids is 1. The van der Waals surface area contributed by atoms with Crippen molar-refractivity contribution in [2.75, 3.05) is 30.3 Å². The zero-order valence-corrected chi connectivity index (χ0v) is 24.0. The summed E-state index contributed by atoms with van der Waals surface area (Å²) in [6, 6.07) is 6.36. The minimum atomic E-state index is -1.88. The normalized spacial score (nSPS) is 25.6. The Kier molecular flexibility index (Phi) is 10.3. The van der Waals surface area contributed by atoms with Crippen molar-refractivity contribution in [3.8, 4) is 5.75 Å². The zero-order valence-electron chi connectivity index (χ0n) is 22.5. The third-order valence-corrected chi connectivity index (χ3v) is 7.73. The maximum absolute atomic E-state index is 13.4. The van der Waals surface area contributed by atoms with E-state index in [9.17, 15) is 30.0 Å². The van der Waals surface area contributed by atoms with Crippen LogP contribution in [0, 0.1) is 5.92 Å². The van der Waals surface area contributed by atoms with Gasteiger partial charge >= 0.3 is 5.97 Å². The largest absolute Gasteiger partial charge is 0.479 e. The number of nitrogens with one attached hydrogen (secondary N) is 2. The summed E-state index contributed by atoms with van der Waals surface area (Å²) in [5, 5.41) is 46.7. The Labute approximate surface area is 247 Å². The Hall–Kier alpha value is -2.71. The Morgan fingerprint density at radius 1 is 1.10 bits per heavy atom. The molecule has 2 fully saturated rings. The molecule has 4 rings (SSSR count). The van der Waals surface area contributed by atoms with Crippen molar-refractivity contribution >= 4 is 46.6 Å². The molecule has 41 heavy (non-hydrogen) atoms. The van der Waals surface area contributed by atoms with Gasteiger partial charge < -0.3 is 45.4 Å². The third kappa shape index (κ3) is 7.58. The minimum Gasteiger partial charge on any atom is -0.479 e. The van der Waals surface area contributed by atoms with Crippen molar-refractivity contribution in [1.82, 2.24) is 9.88 Å². The monoisotopic (exact) mass is 612 g/mol. The number of nitrogens with zero attached hydrogens (tertiary/aromatic N) is 2. The molecule has 0 saturated carbocycles. The van der Waals surface area contributed by atoms with E-state index in [4.69, 9.17) is 32.7 Å². The van der Waals surface area contributed by atoms with Gasteiger partial charge in [-0.25, -0.2) is 9.78 Å². The quantitative estimate of drug-likeness (QED) is 0.245. The van der Waals surface area contributed by atoms with Gasteiger partial charge in [-0.05, 0) is 63.9 Å². The van der Waals surface area contributed by atoms with Crippen LogP contribution in [0.4, 0.5) is 11.5 Å². The fraction of sp³-hybridized carbons (Fsp3) is 0.519. The molecule has 3 heterocycles. The van der Waals surface area contributed by atoms with Crippen molar-refractivity contribution in [3.05, 3.63) is 46.1 Å². The molecule has 2 saturated heterocycles. The van der Waals surface area contributed by atoms with Crippen LogP contribution in [0.3, 0.4) is 0 Å². The minimum absolute atomic E-state index is 0.0249. The van der Waals surface area contributed by atoms with Crippen LogP contribution < -0.4 is 15.4 Å². The molecule has 14 heteroatoms. The standard InChI is InChI=1S/C27H34Cl2N4O8/c1-13(2)33-7-5-14(6-8-33)11-31-20-17(25(37)32-19-4-3-15(28)12-30-19)9-16(29)10-18(20)40-27-23(36)21(34)22(35)24(41-27)26(38)39/h3-4,9-10,12-14,21-24,27,31,34-36H,5-8,11H2,1-2H3,(H,38,39)(H,30,32,37)/t21-,22-,23+,24-,27+/m0/s1. The molecular weight excluding hydrogens is 579 g/mol. The predicted octanol–water partition coefficient (Wildman–Crippen LogP) is 2.44. The summed E-state index contributed by atoms with van der Waals surface area (Å²) in [6.07, 6.45) is -5.87. The lowest BCUT2D eigenvalue weighted by molar-refractivity contribution is -0.271. The number of halogens is 2. The molecule has 224 valence electrons. The van der Waals surface area contributed by atoms with E-state index in [1.54, 1.807) is 6.07 Å². The van der Waals surface area contributed by atoms with E-state index in [1.165, 1.54) is 24.4 Å². The SMILES string of the molecule is CC(C)N1CCC(CNc2c(O[C@@H]3O[C@H](C(=O)O)[C@@H](O)[C@H](O)[C@H]3O)cc(Cl)cc2C(=O)Nc2ccc(Cl)cn2)CC1. The number of carboxylic acids is 1. The molecule has 0 spiro atoms. The molecule has 1 aromatic carbocycles. The van der Waals surface area contributed by atoms with Gasteiger partial charge in [0.25, 0.3) is 5.91 Å². The zero-order chi connectivity index (χ0) is 29.8. The third-order valence-electron chi connectivity index (χ3n) is 7.28. The first-order valence-electron chi connectivity index (χ1n) is 13.3. The predicted molar refractivity (Wildman–Crippen MR) is 152 cm³/mol. The molecule has 0 unspecified atom stereocenters. The molecule has 5 atom stereocenters. The molecule has 1 amide bonds. The Bertz CT molecular complexity index is 1230. The molecule has 6 N–H and O–H groups in total. The van der Waals surface area contributed by atoms with Crippen molar-refractivity contribution in [2.24, 2.45) is 5.92 Å². The molecular formula is C27H34Cl2N4O8. The highest BCUT2D eigenvalue weighted by molar-refractivity contribution is 6.31. The van der Waals surface area contributed by atoms with Crippen molar-refractivity contribution in [2.45, 2.75) is 63.4 Å². The fourth-order valence-electron chi connectivity index (χ4n) is 4.86. The van der Waals surface area contributed by atoms with E-state index in [2.05, 4.69) is 34.4 Å². The van der Waals surface area contributed by atoms with E-state index in [0.29, 0.717) is 17.6 Å². The van der Waals surface area contributed by atoms with Gasteiger partial charge in [0, 0.05) is 29.9 Å². The number of pyridine rings is 1. The van der Waals surface area contributed by atoms with Gasteiger partial charge in [-0.3, -0.25) is 4.79 Å². The number of anilines is 2. The number of carbonyl (C=O) groups is 2. The van der Waals surface area contributed by atoms with Crippen LogP contribution in [0.2, 0.25) is 10.0 Å². The lowest BCUT2D eigenvalue weighted by atomic mass is 9.95. The number of carboxylic acid groups (broad SMARTS) is 1. The summed E-state index contributed by atoms with van der Waals surface area (Å²) in [7, 11) is 0. The number of amides is 1. The van der Waals surface area contributed by atoms with Crippen LogP contribution in [-0.2, 0) is 9.53 Å². The summed E-state index contributed by atoms with van der Waals surface area (Å²) in [5.74, 6) is -1.63. The highest BCUT2D eigenvalue weighted by Gasteiger charge is 2.48. The maximum Gasteiger partial charge on any atom is 0.335 e. The summed E-state index contributed by atoms with van der Waals surface area (Å²) in [5.41, 5.74) is 0.306. The number of carbonyl (C=O) groups excluding carboxylic acids is 1. The molecule has 2 aliphatic rings. The van der Waals surface area contributed by atoms with E-state index >= 15 is 0 Å². The van der Waals surface area contributed by atoms with Crippen molar-refractivity contribution in [3.63, 3.8) is 0 Å². The number of rotatable bonds is 9. The lowest BCUT2D eigenvalue weighted by Crippen LogP contribution is -2.61. The summed E-state index contributed by atoms with van der Waals surface area (Å²) in [6.45, 7) is 6.66. The van der Waals surface area contributed by atoms with Crippen molar-refractivity contribution in [1.29, 1.82) is 0 Å². The first-order chi connectivity index (χ1) is 19.4. The number of likely N-dealkylation sites (tertiary alicyclic amines) is 1. The number of piperidine rings is 1. The van der Waals surface area contributed by atoms with Crippen LogP contribution in [0.25, 0.3) is 0 Å². The van der Waals surface area contributed by atoms with Gasteiger partial charge in [0.1, 0.15) is 29.9 Å². The van der Waals surface area contributed by atoms with Crippen molar-refractivity contribution < 1.29 is 39.5 Å². The van der Waals surface area contributed by atoms with E-state index in [-0.39, 0.29) is 33.8 Å². The number of benzene rings is 1. The summed E-state index contributed by atoms with van der Waals surface area (Å²) in [4.78, 5) is 31.5. The number of hydrogen-bond acceptors (Lipinski definition) is 10. The van der Waals surface area contributed by atoms with E-state index in [1.807, 2.05) is 0 Å². The van der Waals surface area contributed by atoms with Gasteiger partial charge in [-0.15, -0.1) is 0 Å². The molecule has 0 aliphatic carbocycles. The Morgan fingerprint density at radius 3 is 2.41 bits per heavy atom. The van der Waals surface area contributed by atoms with Gasteiger partial charge in [0.05, 0.1) is 16.3 Å². The number of hydrogen-bond donors (Lipinski definition) is 6. The summed E-state index contributed by atoms with van der Waals surface area (Å²) < 4.78 is 11.1. The molecule has 0 radical (unpaired) electrons. The van der Waals surface area contributed by atoms with Gasteiger partial charge in [-0.2, -0.15) is 0 Å². The molecule has 12 nitrogen and oxygen atoms in total. The van der Waals surface area contributed by atoms with E-state index in [0.717, 1.165) is 25.9 Å². The second-order valence-corrected chi connectivity index (χ2v) is 11.3. The number of aromatic nitrogens is 1. The highest BCUT2D eigenvalue weighted by atomic mass is 35.5. The number of ether oxygens (including phenoxy) is 2. The van der Waals surface area contributed by atoms with Crippen LogP contribution in [-0.4, -0.2) is 98.6 Å². The molecule has 1 aromatic heterocycles. The average molecular weight is 613 g/mol. The maximum atomic E-state index is 13.4.